The molecular weight excluding hydrogens is 255 g/mol. The molecule has 1 unspecified atom stereocenters. The van der Waals surface area contributed by atoms with Crippen molar-refractivity contribution in [2.24, 2.45) is 5.84 Å². The Bertz CT molecular complexity index is 542. The summed E-state index contributed by atoms with van der Waals surface area (Å²) in [5, 5.41) is 0.317. The van der Waals surface area contributed by atoms with E-state index < -0.39 is 0 Å². The highest BCUT2D eigenvalue weighted by atomic mass is 35.5. The second kappa shape index (κ2) is 5.52. The number of nitrogens with two attached hydrogens (primary N) is 1. The number of hydrogen-bond donors (Lipinski definition) is 2. The van der Waals surface area contributed by atoms with Gasteiger partial charge >= 0.3 is 0 Å². The predicted molar refractivity (Wildman–Crippen MR) is 68.6 cm³/mol. The van der Waals surface area contributed by atoms with Gasteiger partial charge in [0.1, 0.15) is 5.82 Å². The number of furan rings is 1. The number of hydrazine groups is 1. The SMILES string of the molecule is Cc1cc(F)ccc1CC(NN)c1ccoc1Cl. The van der Waals surface area contributed by atoms with Crippen LogP contribution in [0.2, 0.25) is 5.22 Å². The van der Waals surface area contributed by atoms with Crippen molar-refractivity contribution in [3.05, 3.63) is 58.3 Å². The Hall–Kier alpha value is -1.36. The second-order valence-corrected chi connectivity index (χ2v) is 4.49. The Morgan fingerprint density at radius 2 is 2.22 bits per heavy atom. The van der Waals surface area contributed by atoms with Crippen molar-refractivity contribution >= 4 is 11.6 Å². The summed E-state index contributed by atoms with van der Waals surface area (Å²) in [6.45, 7) is 1.86. The van der Waals surface area contributed by atoms with E-state index in [0.29, 0.717) is 11.6 Å². The fourth-order valence-electron chi connectivity index (χ4n) is 1.92. The third-order valence-corrected chi connectivity index (χ3v) is 3.26. The molecule has 5 heteroatoms. The maximum Gasteiger partial charge on any atom is 0.197 e. The van der Waals surface area contributed by atoms with Gasteiger partial charge in [0.2, 0.25) is 0 Å². The monoisotopic (exact) mass is 268 g/mol. The van der Waals surface area contributed by atoms with Crippen LogP contribution >= 0.6 is 11.6 Å². The molecule has 18 heavy (non-hydrogen) atoms. The quantitative estimate of drug-likeness (QED) is 0.662. The third-order valence-electron chi connectivity index (χ3n) is 2.95. The summed E-state index contributed by atoms with van der Waals surface area (Å²) >= 11 is 5.92. The molecule has 1 aromatic heterocycles. The Morgan fingerprint density at radius 3 is 2.78 bits per heavy atom. The highest BCUT2D eigenvalue weighted by Gasteiger charge is 2.17. The maximum absolute atomic E-state index is 13.0. The summed E-state index contributed by atoms with van der Waals surface area (Å²) in [5.41, 5.74) is 5.39. The minimum absolute atomic E-state index is 0.166. The van der Waals surface area contributed by atoms with Gasteiger partial charge in [0.25, 0.3) is 0 Å². The molecule has 0 radical (unpaired) electrons. The van der Waals surface area contributed by atoms with Crippen LogP contribution in [0.1, 0.15) is 22.7 Å². The van der Waals surface area contributed by atoms with Gasteiger partial charge in [0.15, 0.2) is 5.22 Å². The lowest BCUT2D eigenvalue weighted by molar-refractivity contribution is 0.525. The lowest BCUT2D eigenvalue weighted by atomic mass is 9.98. The van der Waals surface area contributed by atoms with Gasteiger partial charge in [-0.05, 0) is 54.3 Å². The number of hydrogen-bond acceptors (Lipinski definition) is 3. The highest BCUT2D eigenvalue weighted by molar-refractivity contribution is 6.29. The van der Waals surface area contributed by atoms with Gasteiger partial charge < -0.3 is 4.42 Å². The Labute approximate surface area is 110 Å². The van der Waals surface area contributed by atoms with Crippen LogP contribution < -0.4 is 11.3 Å². The fraction of sp³-hybridized carbons (Fsp3) is 0.231. The van der Waals surface area contributed by atoms with Gasteiger partial charge in [-0.15, -0.1) is 0 Å². The summed E-state index contributed by atoms with van der Waals surface area (Å²) in [6, 6.07) is 6.29. The lowest BCUT2D eigenvalue weighted by Gasteiger charge is -2.16. The van der Waals surface area contributed by atoms with Crippen LogP contribution in [0.25, 0.3) is 0 Å². The zero-order valence-electron chi connectivity index (χ0n) is 9.91. The molecule has 0 amide bonds. The van der Waals surface area contributed by atoms with E-state index in [1.807, 2.05) is 6.92 Å². The van der Waals surface area contributed by atoms with Gasteiger partial charge in [0, 0.05) is 5.56 Å². The molecule has 0 fully saturated rings. The van der Waals surface area contributed by atoms with E-state index in [2.05, 4.69) is 5.43 Å². The largest absolute Gasteiger partial charge is 0.453 e. The molecule has 1 heterocycles. The summed E-state index contributed by atoms with van der Waals surface area (Å²) in [4.78, 5) is 0. The van der Waals surface area contributed by atoms with Crippen molar-refractivity contribution in [1.29, 1.82) is 0 Å². The molecule has 0 spiro atoms. The van der Waals surface area contributed by atoms with Crippen LogP contribution in [-0.4, -0.2) is 0 Å². The Kier molecular flexibility index (Phi) is 4.01. The van der Waals surface area contributed by atoms with E-state index in [0.717, 1.165) is 16.7 Å². The minimum Gasteiger partial charge on any atom is -0.453 e. The van der Waals surface area contributed by atoms with Crippen molar-refractivity contribution in [2.75, 3.05) is 0 Å². The first-order valence-corrected chi connectivity index (χ1v) is 5.93. The van der Waals surface area contributed by atoms with Crippen molar-refractivity contribution in [3.63, 3.8) is 0 Å². The Morgan fingerprint density at radius 1 is 1.44 bits per heavy atom. The van der Waals surface area contributed by atoms with Gasteiger partial charge in [-0.1, -0.05) is 6.07 Å². The molecule has 2 aromatic rings. The molecular formula is C13H14ClFN2O. The summed E-state index contributed by atoms with van der Waals surface area (Å²) in [5.74, 6) is 5.30. The van der Waals surface area contributed by atoms with Crippen molar-refractivity contribution in [3.8, 4) is 0 Å². The first-order chi connectivity index (χ1) is 8.61. The zero-order chi connectivity index (χ0) is 13.1. The molecule has 2 rings (SSSR count). The fourth-order valence-corrected chi connectivity index (χ4v) is 2.17. The topological polar surface area (TPSA) is 51.2 Å². The zero-order valence-corrected chi connectivity index (χ0v) is 10.7. The smallest absolute Gasteiger partial charge is 0.197 e. The summed E-state index contributed by atoms with van der Waals surface area (Å²) in [7, 11) is 0. The molecule has 0 saturated heterocycles. The summed E-state index contributed by atoms with van der Waals surface area (Å²) < 4.78 is 18.1. The maximum atomic E-state index is 13.0. The average Bonchev–Trinajstić information content (AvgIpc) is 2.75. The first-order valence-electron chi connectivity index (χ1n) is 5.56. The van der Waals surface area contributed by atoms with Crippen molar-refractivity contribution in [2.45, 2.75) is 19.4 Å². The third kappa shape index (κ3) is 2.72. The summed E-state index contributed by atoms with van der Waals surface area (Å²) in [6.07, 6.45) is 2.13. The van der Waals surface area contributed by atoms with E-state index in [9.17, 15) is 4.39 Å². The molecule has 3 nitrogen and oxygen atoms in total. The van der Waals surface area contributed by atoms with E-state index in [-0.39, 0.29) is 11.9 Å². The molecule has 96 valence electrons. The number of rotatable bonds is 4. The van der Waals surface area contributed by atoms with Crippen molar-refractivity contribution in [1.82, 2.24) is 5.43 Å². The molecule has 0 bridgehead atoms. The van der Waals surface area contributed by atoms with E-state index in [1.165, 1.54) is 18.4 Å². The van der Waals surface area contributed by atoms with Crippen LogP contribution in [0.15, 0.2) is 34.9 Å². The number of nitrogens with one attached hydrogen (secondary N) is 1. The molecule has 1 atom stereocenters. The first kappa shape index (κ1) is 13.1. The molecule has 0 aliphatic heterocycles. The van der Waals surface area contributed by atoms with E-state index >= 15 is 0 Å². The number of halogens is 2. The average molecular weight is 269 g/mol. The van der Waals surface area contributed by atoms with Crippen LogP contribution in [0.4, 0.5) is 4.39 Å². The second-order valence-electron chi connectivity index (χ2n) is 4.14. The van der Waals surface area contributed by atoms with Gasteiger partial charge in [0.05, 0.1) is 12.3 Å². The lowest BCUT2D eigenvalue weighted by Crippen LogP contribution is -2.29. The van der Waals surface area contributed by atoms with Crippen LogP contribution in [0.3, 0.4) is 0 Å². The van der Waals surface area contributed by atoms with Gasteiger partial charge in [-0.3, -0.25) is 11.3 Å². The normalized spacial score (nSPS) is 12.7. The standard InChI is InChI=1S/C13H14ClFN2O/c1-8-6-10(15)3-2-9(8)7-12(17-16)11-4-5-18-13(11)14/h2-6,12,17H,7,16H2,1H3. The molecule has 3 N–H and O–H groups in total. The Balaban J connectivity index is 2.23. The van der Waals surface area contributed by atoms with Crippen molar-refractivity contribution < 1.29 is 8.81 Å². The molecule has 0 aliphatic carbocycles. The van der Waals surface area contributed by atoms with Crippen LogP contribution in [-0.2, 0) is 6.42 Å². The number of aryl methyl sites for hydroxylation is 1. The predicted octanol–water partition coefficient (Wildman–Crippen LogP) is 3.13. The van der Waals surface area contributed by atoms with Crippen LogP contribution in [0.5, 0.6) is 0 Å². The van der Waals surface area contributed by atoms with E-state index in [1.54, 1.807) is 12.1 Å². The van der Waals surface area contributed by atoms with E-state index in [4.69, 9.17) is 21.9 Å². The van der Waals surface area contributed by atoms with Gasteiger partial charge in [-0.2, -0.15) is 0 Å². The van der Waals surface area contributed by atoms with Gasteiger partial charge in [-0.25, -0.2) is 4.39 Å². The molecule has 0 aliphatic rings. The molecule has 0 saturated carbocycles. The van der Waals surface area contributed by atoms with Crippen LogP contribution in [0, 0.1) is 12.7 Å². The highest BCUT2D eigenvalue weighted by Crippen LogP contribution is 2.27. The minimum atomic E-state index is -0.241. The molecule has 1 aromatic carbocycles. The number of benzene rings is 1.